The van der Waals surface area contributed by atoms with Crippen LogP contribution in [0.2, 0.25) is 0 Å². The Morgan fingerprint density at radius 2 is 1.73 bits per heavy atom. The van der Waals surface area contributed by atoms with Crippen LogP contribution in [-0.4, -0.2) is 96.1 Å². The molecule has 1 amide bonds. The number of benzene rings is 2. The van der Waals surface area contributed by atoms with Crippen LogP contribution in [0.4, 0.5) is 22.1 Å². The van der Waals surface area contributed by atoms with E-state index in [4.69, 9.17) is 19.2 Å². The minimum atomic E-state index is -0.526. The lowest BCUT2D eigenvalue weighted by atomic mass is 10.1. The number of carbonyl (C=O) groups is 1. The molecule has 3 aromatic rings. The monoisotopic (exact) mass is 611 g/mol. The number of aromatic nitrogens is 2. The van der Waals surface area contributed by atoms with Crippen molar-refractivity contribution in [1.82, 2.24) is 19.8 Å². The summed E-state index contributed by atoms with van der Waals surface area (Å²) >= 11 is 0. The van der Waals surface area contributed by atoms with Crippen molar-refractivity contribution in [3.63, 3.8) is 0 Å². The second-order valence-electron chi connectivity index (χ2n) is 12.8. The number of nitriles is 1. The maximum absolute atomic E-state index is 12.4. The fourth-order valence-electron chi connectivity index (χ4n) is 5.79. The summed E-state index contributed by atoms with van der Waals surface area (Å²) in [7, 11) is 0. The number of nitrogens with one attached hydrogen (secondary N) is 1. The summed E-state index contributed by atoms with van der Waals surface area (Å²) in [5, 5.41) is 13.2. The molecule has 0 bridgehead atoms. The molecule has 2 aromatic carbocycles. The Morgan fingerprint density at radius 3 is 2.38 bits per heavy atom. The number of rotatable bonds is 7. The highest BCUT2D eigenvalue weighted by atomic mass is 16.6. The van der Waals surface area contributed by atoms with Crippen molar-refractivity contribution >= 4 is 23.4 Å². The van der Waals surface area contributed by atoms with E-state index in [1.165, 1.54) is 5.69 Å². The predicted molar refractivity (Wildman–Crippen MR) is 172 cm³/mol. The van der Waals surface area contributed by atoms with Crippen LogP contribution in [-0.2, 0) is 9.47 Å². The van der Waals surface area contributed by atoms with Gasteiger partial charge >= 0.3 is 6.09 Å². The van der Waals surface area contributed by atoms with E-state index in [-0.39, 0.29) is 12.2 Å². The minimum Gasteiger partial charge on any atom is -0.489 e. The van der Waals surface area contributed by atoms with Crippen molar-refractivity contribution in [1.29, 1.82) is 5.26 Å². The third-order valence-corrected chi connectivity index (χ3v) is 8.38. The molecule has 0 atom stereocenters. The highest BCUT2D eigenvalue weighted by molar-refractivity contribution is 5.68. The van der Waals surface area contributed by atoms with Gasteiger partial charge in [0.1, 0.15) is 23.5 Å². The Bertz CT molecular complexity index is 1510. The second kappa shape index (κ2) is 13.3. The number of ether oxygens (including phenoxy) is 3. The molecule has 45 heavy (non-hydrogen) atoms. The van der Waals surface area contributed by atoms with E-state index >= 15 is 0 Å². The first kappa shape index (κ1) is 30.6. The Morgan fingerprint density at radius 1 is 1.00 bits per heavy atom. The van der Waals surface area contributed by atoms with Gasteiger partial charge in [0.2, 0.25) is 5.95 Å². The lowest BCUT2D eigenvalue weighted by Crippen LogP contribution is -2.56. The molecule has 6 rings (SSSR count). The van der Waals surface area contributed by atoms with Crippen LogP contribution in [0.15, 0.2) is 54.7 Å². The van der Waals surface area contributed by atoms with Crippen molar-refractivity contribution < 1.29 is 19.0 Å². The van der Waals surface area contributed by atoms with Crippen LogP contribution in [0.1, 0.15) is 39.2 Å². The number of likely N-dealkylation sites (tertiary alicyclic amines) is 1. The topological polar surface area (TPSA) is 116 Å². The Labute approximate surface area is 264 Å². The Kier molecular flexibility index (Phi) is 9.05. The van der Waals surface area contributed by atoms with Crippen molar-refractivity contribution in [3.05, 3.63) is 60.3 Å². The summed E-state index contributed by atoms with van der Waals surface area (Å²) in [5.41, 5.74) is 3.52. The summed E-state index contributed by atoms with van der Waals surface area (Å²) in [6, 6.07) is 18.6. The molecule has 0 radical (unpaired) electrons. The van der Waals surface area contributed by atoms with E-state index in [9.17, 15) is 10.1 Å². The van der Waals surface area contributed by atoms with Gasteiger partial charge in [-0.3, -0.25) is 4.90 Å². The zero-order valence-corrected chi connectivity index (χ0v) is 26.2. The molecule has 3 saturated heterocycles. The normalized spacial score (nSPS) is 18.2. The number of piperidine rings is 1. The van der Waals surface area contributed by atoms with Crippen LogP contribution >= 0.6 is 0 Å². The van der Waals surface area contributed by atoms with Gasteiger partial charge in [0.25, 0.3) is 0 Å². The quantitative estimate of drug-likeness (QED) is 0.389. The molecule has 0 aliphatic carbocycles. The first-order valence-electron chi connectivity index (χ1n) is 15.7. The Balaban J connectivity index is 1.04. The van der Waals surface area contributed by atoms with Crippen molar-refractivity contribution in [2.45, 2.75) is 51.4 Å². The highest BCUT2D eigenvalue weighted by Crippen LogP contribution is 2.29. The zero-order chi connectivity index (χ0) is 31.4. The first-order chi connectivity index (χ1) is 21.7. The number of hydrogen-bond donors (Lipinski definition) is 1. The van der Waals surface area contributed by atoms with E-state index in [2.05, 4.69) is 50.4 Å². The number of amides is 1. The molecular formula is C34H41N7O4. The lowest BCUT2D eigenvalue weighted by Gasteiger charge is -2.43. The molecule has 3 aliphatic rings. The molecular weight excluding hydrogens is 570 g/mol. The van der Waals surface area contributed by atoms with E-state index < -0.39 is 5.60 Å². The average molecular weight is 612 g/mol. The highest BCUT2D eigenvalue weighted by Gasteiger charge is 2.29. The molecule has 11 heteroatoms. The lowest BCUT2D eigenvalue weighted by molar-refractivity contribution is -0.0660. The van der Waals surface area contributed by atoms with E-state index in [0.29, 0.717) is 54.9 Å². The molecule has 0 saturated carbocycles. The van der Waals surface area contributed by atoms with Gasteiger partial charge in [0, 0.05) is 75.2 Å². The predicted octanol–water partition coefficient (Wildman–Crippen LogP) is 5.06. The van der Waals surface area contributed by atoms with Gasteiger partial charge < -0.3 is 29.3 Å². The van der Waals surface area contributed by atoms with Crippen LogP contribution in [0.3, 0.4) is 0 Å². The number of anilines is 3. The van der Waals surface area contributed by atoms with E-state index in [0.717, 1.165) is 50.6 Å². The Hall–Kier alpha value is -4.40. The third kappa shape index (κ3) is 7.64. The molecule has 11 nitrogen and oxygen atoms in total. The van der Waals surface area contributed by atoms with Gasteiger partial charge in [0.15, 0.2) is 0 Å². The maximum atomic E-state index is 12.4. The molecule has 1 N–H and O–H groups in total. The van der Waals surface area contributed by atoms with Crippen molar-refractivity contribution in [2.75, 3.05) is 62.7 Å². The minimum absolute atomic E-state index is 0.0880. The second-order valence-corrected chi connectivity index (χ2v) is 12.8. The van der Waals surface area contributed by atoms with Crippen molar-refractivity contribution in [3.8, 4) is 23.1 Å². The van der Waals surface area contributed by atoms with E-state index in [1.807, 2.05) is 39.0 Å². The van der Waals surface area contributed by atoms with Gasteiger partial charge in [-0.1, -0.05) is 0 Å². The van der Waals surface area contributed by atoms with Crippen LogP contribution in [0.5, 0.6) is 5.75 Å². The standard InChI is InChI=1S/C34H41N7O4/c1-34(2,3)45-33(42)41-14-11-29(12-15-41)44-31-9-4-24(20-25(31)21-35)30-10-13-36-32(38-30)37-26-5-7-27(8-6-26)39-16-18-40(19-17-39)28-22-43-23-28/h4-10,13,20,28-29H,11-12,14-19,22-23H2,1-3H3,(H,36,37,38). The molecule has 0 unspecified atom stereocenters. The SMILES string of the molecule is CC(C)(C)OC(=O)N1CCC(Oc2ccc(-c3ccnc(Nc4ccc(N5CCN(C6COC6)CC5)cc4)n3)cc2C#N)CC1. The third-order valence-electron chi connectivity index (χ3n) is 8.38. The molecule has 4 heterocycles. The zero-order valence-electron chi connectivity index (χ0n) is 26.2. The van der Waals surface area contributed by atoms with Crippen LogP contribution < -0.4 is 15.0 Å². The summed E-state index contributed by atoms with van der Waals surface area (Å²) < 4.78 is 17.1. The largest absolute Gasteiger partial charge is 0.489 e. The number of carbonyl (C=O) groups excluding carboxylic acids is 1. The van der Waals surface area contributed by atoms with Crippen LogP contribution in [0.25, 0.3) is 11.3 Å². The molecule has 3 aliphatic heterocycles. The van der Waals surface area contributed by atoms with Gasteiger partial charge in [-0.2, -0.15) is 5.26 Å². The van der Waals surface area contributed by atoms with Crippen LogP contribution in [0, 0.1) is 11.3 Å². The molecule has 3 fully saturated rings. The van der Waals surface area contributed by atoms with Gasteiger partial charge in [-0.25, -0.2) is 14.8 Å². The fraction of sp³-hybridized carbons (Fsp3) is 0.471. The first-order valence-corrected chi connectivity index (χ1v) is 15.7. The summed E-state index contributed by atoms with van der Waals surface area (Å²) in [5.74, 6) is 1.01. The number of piperazine rings is 1. The average Bonchev–Trinajstić information content (AvgIpc) is 3.01. The molecule has 1 aromatic heterocycles. The number of hydrogen-bond acceptors (Lipinski definition) is 10. The molecule has 0 spiro atoms. The van der Waals surface area contributed by atoms with Gasteiger partial charge in [0.05, 0.1) is 30.5 Å². The van der Waals surface area contributed by atoms with Gasteiger partial charge in [-0.05, 0) is 69.3 Å². The summed E-state index contributed by atoms with van der Waals surface area (Å²) in [6.07, 6.45) is 2.65. The smallest absolute Gasteiger partial charge is 0.410 e. The maximum Gasteiger partial charge on any atom is 0.410 e. The van der Waals surface area contributed by atoms with E-state index in [1.54, 1.807) is 17.2 Å². The summed E-state index contributed by atoms with van der Waals surface area (Å²) in [6.45, 7) is 12.5. The molecule has 236 valence electrons. The fourth-order valence-corrected chi connectivity index (χ4v) is 5.79. The number of nitrogens with zero attached hydrogens (tertiary/aromatic N) is 6. The van der Waals surface area contributed by atoms with Gasteiger partial charge in [-0.15, -0.1) is 0 Å². The van der Waals surface area contributed by atoms with Crippen molar-refractivity contribution in [2.24, 2.45) is 0 Å². The summed E-state index contributed by atoms with van der Waals surface area (Å²) in [4.78, 5) is 28.2.